The molecule has 1 aromatic rings. The van der Waals surface area contributed by atoms with Crippen LogP contribution >= 0.6 is 0 Å². The molecule has 0 heterocycles. The molecular formula is C15H21F2N. The Morgan fingerprint density at radius 3 is 2.72 bits per heavy atom. The van der Waals surface area contributed by atoms with E-state index in [4.69, 9.17) is 0 Å². The Bertz CT molecular complexity index is 411. The maximum Gasteiger partial charge on any atom is 0.166 e. The van der Waals surface area contributed by atoms with Crippen LogP contribution in [0.15, 0.2) is 24.3 Å². The van der Waals surface area contributed by atoms with E-state index in [1.54, 1.807) is 13.0 Å². The third kappa shape index (κ3) is 4.57. The summed E-state index contributed by atoms with van der Waals surface area (Å²) in [4.78, 5) is 0. The van der Waals surface area contributed by atoms with Crippen molar-refractivity contribution in [3.63, 3.8) is 0 Å². The van der Waals surface area contributed by atoms with Gasteiger partial charge in [0.15, 0.2) is 11.6 Å². The number of nitrogens with one attached hydrogen (secondary N) is 1. The van der Waals surface area contributed by atoms with Crippen molar-refractivity contribution in [2.24, 2.45) is 5.92 Å². The number of hydrogen-bond donors (Lipinski definition) is 1. The predicted molar refractivity (Wildman–Crippen MR) is 72.3 cm³/mol. The van der Waals surface area contributed by atoms with E-state index in [0.717, 1.165) is 31.1 Å². The van der Waals surface area contributed by atoms with E-state index in [9.17, 15) is 8.78 Å². The number of halogens is 2. The zero-order valence-corrected chi connectivity index (χ0v) is 11.3. The highest BCUT2D eigenvalue weighted by molar-refractivity contribution is 5.64. The van der Waals surface area contributed by atoms with E-state index >= 15 is 0 Å². The van der Waals surface area contributed by atoms with Crippen LogP contribution in [0.4, 0.5) is 8.78 Å². The first-order valence-electron chi connectivity index (χ1n) is 6.34. The molecule has 0 saturated carbocycles. The molecule has 1 rings (SSSR count). The molecule has 100 valence electrons. The Labute approximate surface area is 108 Å². The van der Waals surface area contributed by atoms with Gasteiger partial charge in [0.2, 0.25) is 0 Å². The van der Waals surface area contributed by atoms with Crippen LogP contribution in [0.1, 0.15) is 32.8 Å². The maximum atomic E-state index is 13.5. The second-order valence-corrected chi connectivity index (χ2v) is 4.88. The number of allylic oxidation sites excluding steroid dienone is 1. The fourth-order valence-corrected chi connectivity index (χ4v) is 1.70. The summed E-state index contributed by atoms with van der Waals surface area (Å²) < 4.78 is 26.6. The van der Waals surface area contributed by atoms with Crippen LogP contribution in [0, 0.1) is 17.6 Å². The lowest BCUT2D eigenvalue weighted by atomic mass is 10.1. The summed E-state index contributed by atoms with van der Waals surface area (Å²) >= 11 is 0. The molecule has 0 unspecified atom stereocenters. The third-order valence-corrected chi connectivity index (χ3v) is 2.70. The Balaban J connectivity index is 2.53. The van der Waals surface area contributed by atoms with Gasteiger partial charge in [-0.15, -0.1) is 0 Å². The molecule has 1 nitrogen and oxygen atoms in total. The highest BCUT2D eigenvalue weighted by atomic mass is 19.2. The average Bonchev–Trinajstić information content (AvgIpc) is 2.31. The van der Waals surface area contributed by atoms with E-state index in [2.05, 4.69) is 19.2 Å². The molecule has 0 aliphatic carbocycles. The summed E-state index contributed by atoms with van der Waals surface area (Å²) in [5, 5.41) is 3.31. The monoisotopic (exact) mass is 253 g/mol. The van der Waals surface area contributed by atoms with Gasteiger partial charge in [-0.2, -0.15) is 0 Å². The number of hydrogen-bond acceptors (Lipinski definition) is 1. The lowest BCUT2D eigenvalue weighted by Crippen LogP contribution is -2.20. The van der Waals surface area contributed by atoms with Crippen molar-refractivity contribution in [1.29, 1.82) is 0 Å². The molecular weight excluding hydrogens is 232 g/mol. The SMILES string of the molecule is CC(=CCCNCC(C)C)c1cccc(F)c1F. The summed E-state index contributed by atoms with van der Waals surface area (Å²) in [6, 6.07) is 4.27. The summed E-state index contributed by atoms with van der Waals surface area (Å²) in [7, 11) is 0. The number of rotatable bonds is 6. The van der Waals surface area contributed by atoms with Gasteiger partial charge in [-0.05, 0) is 44.0 Å². The summed E-state index contributed by atoms with van der Waals surface area (Å²) in [6.07, 6.45) is 2.75. The first-order chi connectivity index (χ1) is 8.52. The van der Waals surface area contributed by atoms with Crippen LogP contribution in [0.25, 0.3) is 5.57 Å². The highest BCUT2D eigenvalue weighted by Crippen LogP contribution is 2.20. The molecule has 0 fully saturated rings. The molecule has 0 spiro atoms. The van der Waals surface area contributed by atoms with Crippen LogP contribution < -0.4 is 5.32 Å². The Hall–Kier alpha value is -1.22. The standard InChI is InChI=1S/C15H21F2N/c1-11(2)10-18-9-5-6-12(3)13-7-4-8-14(16)15(13)17/h4,6-8,11,18H,5,9-10H2,1-3H3. The lowest BCUT2D eigenvalue weighted by Gasteiger charge is -2.07. The molecule has 18 heavy (non-hydrogen) atoms. The van der Waals surface area contributed by atoms with Gasteiger partial charge in [0.1, 0.15) is 0 Å². The summed E-state index contributed by atoms with van der Waals surface area (Å²) in [5.41, 5.74) is 1.12. The van der Waals surface area contributed by atoms with Gasteiger partial charge in [-0.3, -0.25) is 0 Å². The summed E-state index contributed by atoms with van der Waals surface area (Å²) in [5.74, 6) is -0.935. The van der Waals surface area contributed by atoms with Crippen molar-refractivity contribution in [3.05, 3.63) is 41.5 Å². The third-order valence-electron chi connectivity index (χ3n) is 2.70. The van der Waals surface area contributed by atoms with Crippen molar-refractivity contribution in [1.82, 2.24) is 5.32 Å². The lowest BCUT2D eigenvalue weighted by molar-refractivity contribution is 0.506. The van der Waals surface area contributed by atoms with E-state index < -0.39 is 11.6 Å². The van der Waals surface area contributed by atoms with E-state index in [1.807, 2.05) is 6.08 Å². The number of benzene rings is 1. The molecule has 3 heteroatoms. The normalized spacial score (nSPS) is 12.2. The minimum atomic E-state index is -0.793. The average molecular weight is 253 g/mol. The second-order valence-electron chi connectivity index (χ2n) is 4.88. The fraction of sp³-hybridized carbons (Fsp3) is 0.467. The highest BCUT2D eigenvalue weighted by Gasteiger charge is 2.08. The molecule has 0 amide bonds. The Morgan fingerprint density at radius 1 is 1.33 bits per heavy atom. The van der Waals surface area contributed by atoms with Crippen LogP contribution in [0.5, 0.6) is 0 Å². The van der Waals surface area contributed by atoms with Gasteiger partial charge in [0.25, 0.3) is 0 Å². The topological polar surface area (TPSA) is 12.0 Å². The molecule has 0 aliphatic heterocycles. The molecule has 1 aromatic carbocycles. The molecule has 0 bridgehead atoms. The fourth-order valence-electron chi connectivity index (χ4n) is 1.70. The zero-order valence-electron chi connectivity index (χ0n) is 11.3. The Kier molecular flexibility index (Phi) is 5.99. The maximum absolute atomic E-state index is 13.5. The van der Waals surface area contributed by atoms with Gasteiger partial charge in [-0.25, -0.2) is 8.78 Å². The molecule has 0 aliphatic rings. The van der Waals surface area contributed by atoms with E-state index in [-0.39, 0.29) is 0 Å². The van der Waals surface area contributed by atoms with Crippen LogP contribution in [0.3, 0.4) is 0 Å². The van der Waals surface area contributed by atoms with Crippen LogP contribution in [-0.4, -0.2) is 13.1 Å². The largest absolute Gasteiger partial charge is 0.316 e. The molecule has 0 atom stereocenters. The van der Waals surface area contributed by atoms with Gasteiger partial charge in [0.05, 0.1) is 0 Å². The first kappa shape index (κ1) is 14.8. The molecule has 0 aromatic heterocycles. The minimum Gasteiger partial charge on any atom is -0.316 e. The summed E-state index contributed by atoms with van der Waals surface area (Å²) in [6.45, 7) is 7.93. The van der Waals surface area contributed by atoms with Crippen molar-refractivity contribution >= 4 is 5.57 Å². The predicted octanol–water partition coefficient (Wildman–Crippen LogP) is 4.00. The van der Waals surface area contributed by atoms with Crippen molar-refractivity contribution in [2.45, 2.75) is 27.2 Å². The molecule has 0 saturated heterocycles. The van der Waals surface area contributed by atoms with Gasteiger partial charge >= 0.3 is 0 Å². The van der Waals surface area contributed by atoms with Crippen molar-refractivity contribution < 1.29 is 8.78 Å². The second kappa shape index (κ2) is 7.27. The molecule has 1 N–H and O–H groups in total. The van der Waals surface area contributed by atoms with Gasteiger partial charge in [0, 0.05) is 5.56 Å². The van der Waals surface area contributed by atoms with Gasteiger partial charge in [-0.1, -0.05) is 32.1 Å². The van der Waals surface area contributed by atoms with Crippen LogP contribution in [0.2, 0.25) is 0 Å². The smallest absolute Gasteiger partial charge is 0.166 e. The first-order valence-corrected chi connectivity index (χ1v) is 6.34. The zero-order chi connectivity index (χ0) is 13.5. The van der Waals surface area contributed by atoms with Crippen molar-refractivity contribution in [2.75, 3.05) is 13.1 Å². The van der Waals surface area contributed by atoms with Crippen LogP contribution in [-0.2, 0) is 0 Å². The quantitative estimate of drug-likeness (QED) is 0.755. The minimum absolute atomic E-state index is 0.346. The Morgan fingerprint density at radius 2 is 2.06 bits per heavy atom. The van der Waals surface area contributed by atoms with E-state index in [0.29, 0.717) is 11.5 Å². The van der Waals surface area contributed by atoms with E-state index in [1.165, 1.54) is 6.07 Å². The van der Waals surface area contributed by atoms with Crippen molar-refractivity contribution in [3.8, 4) is 0 Å². The molecule has 0 radical (unpaired) electrons. The van der Waals surface area contributed by atoms with Gasteiger partial charge < -0.3 is 5.32 Å².